The molecule has 4 N–H and O–H groups in total. The summed E-state index contributed by atoms with van der Waals surface area (Å²) in [5.41, 5.74) is 2.30. The minimum Gasteiger partial charge on any atom is -0.363 e. The van der Waals surface area contributed by atoms with Crippen molar-refractivity contribution in [2.24, 2.45) is 5.84 Å². The Morgan fingerprint density at radius 2 is 2.22 bits per heavy atom. The van der Waals surface area contributed by atoms with Crippen LogP contribution in [-0.4, -0.2) is 27.5 Å². The highest BCUT2D eigenvalue weighted by molar-refractivity contribution is 7.99. The van der Waals surface area contributed by atoms with Crippen LogP contribution >= 0.6 is 11.8 Å². The molecule has 100 valence electrons. The first-order chi connectivity index (χ1) is 8.39. The molecule has 0 bridgehead atoms. The molecular formula is C10H17N5O2S. The van der Waals surface area contributed by atoms with E-state index < -0.39 is 4.92 Å². The predicted molar refractivity (Wildman–Crippen MR) is 74.8 cm³/mol. The van der Waals surface area contributed by atoms with Crippen molar-refractivity contribution in [3.63, 3.8) is 0 Å². The first-order valence-electron chi connectivity index (χ1n) is 5.30. The summed E-state index contributed by atoms with van der Waals surface area (Å²) in [6.07, 6.45) is 1.99. The predicted octanol–water partition coefficient (Wildman–Crippen LogP) is 1.83. The number of rotatable bonds is 6. The van der Waals surface area contributed by atoms with Crippen molar-refractivity contribution < 1.29 is 4.92 Å². The van der Waals surface area contributed by atoms with Crippen LogP contribution in [0.1, 0.15) is 13.8 Å². The number of nitrogens with zero attached hydrogens (tertiary/aromatic N) is 2. The molecule has 8 heteroatoms. The number of nitro groups is 1. The molecule has 0 aliphatic heterocycles. The summed E-state index contributed by atoms with van der Waals surface area (Å²) in [5, 5.41) is 13.9. The van der Waals surface area contributed by atoms with Crippen molar-refractivity contribution in [1.29, 1.82) is 0 Å². The number of hydrazine groups is 1. The number of nitrogens with two attached hydrogens (primary N) is 1. The Hall–Kier alpha value is -1.54. The number of nitrogen functional groups attached to an aromatic ring is 1. The van der Waals surface area contributed by atoms with Crippen molar-refractivity contribution in [1.82, 2.24) is 4.98 Å². The maximum Gasteiger partial charge on any atom is 0.311 e. The van der Waals surface area contributed by atoms with Gasteiger partial charge in [0, 0.05) is 17.4 Å². The number of aromatic nitrogens is 1. The molecule has 0 aliphatic carbocycles. The molecular weight excluding hydrogens is 254 g/mol. The SMILES string of the molecule is CSC(C)(C)CNc1nc(NN)ccc1[N+](=O)[O-]. The molecule has 7 nitrogen and oxygen atoms in total. The summed E-state index contributed by atoms with van der Waals surface area (Å²) in [7, 11) is 0. The second-order valence-corrected chi connectivity index (χ2v) is 5.80. The minimum atomic E-state index is -0.471. The van der Waals surface area contributed by atoms with E-state index in [2.05, 4.69) is 15.7 Å². The van der Waals surface area contributed by atoms with E-state index in [1.807, 2.05) is 20.1 Å². The standard InChI is InChI=1S/C10H17N5O2S/c1-10(2,18-3)6-12-9-7(15(16)17)4-5-8(13-9)14-11/h4-5H,6,11H2,1-3H3,(H2,12,13,14). The van der Waals surface area contributed by atoms with Gasteiger partial charge in [-0.15, -0.1) is 0 Å². The van der Waals surface area contributed by atoms with Gasteiger partial charge in [-0.3, -0.25) is 10.1 Å². The average molecular weight is 271 g/mol. The highest BCUT2D eigenvalue weighted by Crippen LogP contribution is 2.26. The van der Waals surface area contributed by atoms with Crippen LogP contribution in [0.15, 0.2) is 12.1 Å². The molecule has 0 amide bonds. The largest absolute Gasteiger partial charge is 0.363 e. The monoisotopic (exact) mass is 271 g/mol. The molecule has 0 atom stereocenters. The van der Waals surface area contributed by atoms with Gasteiger partial charge < -0.3 is 10.7 Å². The van der Waals surface area contributed by atoms with Crippen LogP contribution in [0, 0.1) is 10.1 Å². The van der Waals surface area contributed by atoms with Crippen molar-refractivity contribution >= 4 is 29.1 Å². The number of anilines is 2. The van der Waals surface area contributed by atoms with Crippen molar-refractivity contribution in [2.45, 2.75) is 18.6 Å². The normalized spacial score (nSPS) is 11.1. The molecule has 1 aromatic heterocycles. The van der Waals surface area contributed by atoms with E-state index in [0.29, 0.717) is 12.4 Å². The van der Waals surface area contributed by atoms with Crippen LogP contribution in [0.5, 0.6) is 0 Å². The van der Waals surface area contributed by atoms with E-state index >= 15 is 0 Å². The summed E-state index contributed by atoms with van der Waals surface area (Å²) in [6.45, 7) is 4.65. The fraction of sp³-hybridized carbons (Fsp3) is 0.500. The van der Waals surface area contributed by atoms with Crippen LogP contribution in [0.3, 0.4) is 0 Å². The van der Waals surface area contributed by atoms with Gasteiger partial charge in [-0.25, -0.2) is 10.8 Å². The van der Waals surface area contributed by atoms with E-state index in [-0.39, 0.29) is 16.3 Å². The van der Waals surface area contributed by atoms with E-state index in [4.69, 9.17) is 5.84 Å². The van der Waals surface area contributed by atoms with Crippen LogP contribution in [-0.2, 0) is 0 Å². The van der Waals surface area contributed by atoms with Crippen molar-refractivity contribution in [2.75, 3.05) is 23.5 Å². The molecule has 0 radical (unpaired) electrons. The molecule has 0 saturated carbocycles. The molecule has 1 heterocycles. The van der Waals surface area contributed by atoms with Gasteiger partial charge in [0.15, 0.2) is 0 Å². The Kier molecular flexibility index (Phi) is 4.74. The molecule has 1 rings (SSSR count). The van der Waals surface area contributed by atoms with E-state index in [1.54, 1.807) is 11.8 Å². The lowest BCUT2D eigenvalue weighted by Crippen LogP contribution is -2.26. The van der Waals surface area contributed by atoms with Crippen molar-refractivity contribution in [3.05, 3.63) is 22.2 Å². The third kappa shape index (κ3) is 3.74. The molecule has 0 fully saturated rings. The zero-order chi connectivity index (χ0) is 13.8. The Balaban J connectivity index is 2.94. The minimum absolute atomic E-state index is 0.0400. The second-order valence-electron chi connectivity index (χ2n) is 4.28. The summed E-state index contributed by atoms with van der Waals surface area (Å²) in [4.78, 5) is 14.5. The Bertz CT molecular complexity index is 438. The van der Waals surface area contributed by atoms with Crippen LogP contribution in [0.25, 0.3) is 0 Å². The molecule has 18 heavy (non-hydrogen) atoms. The third-order valence-corrected chi connectivity index (χ3v) is 3.70. The van der Waals surface area contributed by atoms with Gasteiger partial charge in [0.2, 0.25) is 5.82 Å². The Morgan fingerprint density at radius 1 is 1.56 bits per heavy atom. The highest BCUT2D eigenvalue weighted by atomic mass is 32.2. The molecule has 0 saturated heterocycles. The summed E-state index contributed by atoms with van der Waals surface area (Å²) in [5.74, 6) is 5.84. The fourth-order valence-electron chi connectivity index (χ4n) is 1.18. The first-order valence-corrected chi connectivity index (χ1v) is 6.53. The average Bonchev–Trinajstić information content (AvgIpc) is 2.36. The molecule has 0 aromatic carbocycles. The first kappa shape index (κ1) is 14.5. The smallest absolute Gasteiger partial charge is 0.311 e. The Labute approximate surface area is 110 Å². The van der Waals surface area contributed by atoms with Gasteiger partial charge in [-0.1, -0.05) is 0 Å². The van der Waals surface area contributed by atoms with Gasteiger partial charge in [0.25, 0.3) is 0 Å². The second kappa shape index (κ2) is 5.87. The van der Waals surface area contributed by atoms with Gasteiger partial charge >= 0.3 is 5.69 Å². The van der Waals surface area contributed by atoms with Crippen molar-refractivity contribution in [3.8, 4) is 0 Å². The topological polar surface area (TPSA) is 106 Å². The van der Waals surface area contributed by atoms with E-state index in [1.165, 1.54) is 12.1 Å². The van der Waals surface area contributed by atoms with Crippen LogP contribution in [0.4, 0.5) is 17.3 Å². The quantitative estimate of drug-likeness (QED) is 0.411. The van der Waals surface area contributed by atoms with Gasteiger partial charge in [-0.05, 0) is 26.2 Å². The van der Waals surface area contributed by atoms with Gasteiger partial charge in [0.05, 0.1) is 4.92 Å². The number of nitrogens with one attached hydrogen (secondary N) is 2. The summed E-state index contributed by atoms with van der Waals surface area (Å²) in [6, 6.07) is 2.83. The lowest BCUT2D eigenvalue weighted by molar-refractivity contribution is -0.384. The lowest BCUT2D eigenvalue weighted by Gasteiger charge is -2.22. The van der Waals surface area contributed by atoms with Gasteiger partial charge in [0.1, 0.15) is 5.82 Å². The zero-order valence-electron chi connectivity index (χ0n) is 10.6. The summed E-state index contributed by atoms with van der Waals surface area (Å²) >= 11 is 1.67. The lowest BCUT2D eigenvalue weighted by atomic mass is 10.2. The maximum atomic E-state index is 10.9. The highest BCUT2D eigenvalue weighted by Gasteiger charge is 2.20. The van der Waals surface area contributed by atoms with E-state index in [0.717, 1.165) is 0 Å². The third-order valence-electron chi connectivity index (χ3n) is 2.45. The Morgan fingerprint density at radius 3 is 2.72 bits per heavy atom. The van der Waals surface area contributed by atoms with Crippen LogP contribution < -0.4 is 16.6 Å². The molecule has 1 aromatic rings. The molecule has 0 spiro atoms. The maximum absolute atomic E-state index is 10.9. The number of hydrogen-bond acceptors (Lipinski definition) is 7. The number of pyridine rings is 1. The number of hydrogen-bond donors (Lipinski definition) is 3. The molecule has 0 unspecified atom stereocenters. The van der Waals surface area contributed by atoms with E-state index in [9.17, 15) is 10.1 Å². The summed E-state index contributed by atoms with van der Waals surface area (Å²) < 4.78 is -0.0400. The zero-order valence-corrected chi connectivity index (χ0v) is 11.4. The number of thioether (sulfide) groups is 1. The molecule has 0 aliphatic rings. The van der Waals surface area contributed by atoms with Gasteiger partial charge in [-0.2, -0.15) is 11.8 Å². The fourth-order valence-corrected chi connectivity index (χ4v) is 1.39. The van der Waals surface area contributed by atoms with Crippen LogP contribution in [0.2, 0.25) is 0 Å².